The minimum absolute atomic E-state index is 0.0992. The number of nitrogens with one attached hydrogen (secondary N) is 1. The smallest absolute Gasteiger partial charge is 0.266 e. The molecule has 1 amide bonds. The van der Waals surface area contributed by atoms with Crippen molar-refractivity contribution >= 4 is 17.2 Å². The molecule has 2 aromatic heterocycles. The number of carbonyl (C=O) groups excluding carboxylic acids is 1. The van der Waals surface area contributed by atoms with Gasteiger partial charge in [0.1, 0.15) is 4.88 Å². The zero-order chi connectivity index (χ0) is 18.9. The first-order chi connectivity index (χ1) is 13.8. The molecule has 0 saturated carbocycles. The van der Waals surface area contributed by atoms with Crippen LogP contribution in [0.2, 0.25) is 0 Å². The fraction of sp³-hybridized carbons (Fsp3) is 0.364. The Labute approximate surface area is 168 Å². The Morgan fingerprint density at radius 1 is 1.07 bits per heavy atom. The summed E-state index contributed by atoms with van der Waals surface area (Å²) >= 11 is 1.43. The van der Waals surface area contributed by atoms with E-state index < -0.39 is 0 Å². The lowest BCUT2D eigenvalue weighted by Crippen LogP contribution is -2.32. The zero-order valence-corrected chi connectivity index (χ0v) is 16.5. The van der Waals surface area contributed by atoms with Gasteiger partial charge in [-0.2, -0.15) is 0 Å². The van der Waals surface area contributed by atoms with Crippen LogP contribution in [0.3, 0.4) is 0 Å². The molecule has 0 unspecified atom stereocenters. The Balaban J connectivity index is 1.48. The SMILES string of the molecule is O=C(c1sc(-c2ccco2)nc1-c1ccccc1)N1CC[C@@H]2CNC[C@@H]2CC1. The van der Waals surface area contributed by atoms with Crippen LogP contribution in [-0.2, 0) is 0 Å². The average Bonchev–Trinajstić information content (AvgIpc) is 3.47. The van der Waals surface area contributed by atoms with Crippen LogP contribution in [0.4, 0.5) is 0 Å². The van der Waals surface area contributed by atoms with E-state index in [1.54, 1.807) is 6.26 Å². The molecule has 2 aliphatic heterocycles. The summed E-state index contributed by atoms with van der Waals surface area (Å²) < 4.78 is 5.54. The summed E-state index contributed by atoms with van der Waals surface area (Å²) in [5.74, 6) is 2.21. The van der Waals surface area contributed by atoms with Gasteiger partial charge in [0.15, 0.2) is 10.8 Å². The molecule has 4 heterocycles. The number of hydrogen-bond acceptors (Lipinski definition) is 5. The highest BCUT2D eigenvalue weighted by molar-refractivity contribution is 7.17. The highest BCUT2D eigenvalue weighted by atomic mass is 32.1. The molecule has 28 heavy (non-hydrogen) atoms. The van der Waals surface area contributed by atoms with Gasteiger partial charge in [0.25, 0.3) is 5.91 Å². The Morgan fingerprint density at radius 2 is 1.82 bits per heavy atom. The third-order valence-corrected chi connectivity index (χ3v) is 6.97. The van der Waals surface area contributed by atoms with Crippen LogP contribution in [0.1, 0.15) is 22.5 Å². The topological polar surface area (TPSA) is 58.4 Å². The largest absolute Gasteiger partial charge is 0.462 e. The van der Waals surface area contributed by atoms with Gasteiger partial charge in [-0.15, -0.1) is 11.3 Å². The number of benzene rings is 1. The normalized spacial score (nSPS) is 22.1. The van der Waals surface area contributed by atoms with Crippen LogP contribution in [0.25, 0.3) is 22.0 Å². The van der Waals surface area contributed by atoms with Crippen molar-refractivity contribution in [2.75, 3.05) is 26.2 Å². The molecular formula is C22H23N3O2S. The van der Waals surface area contributed by atoms with Gasteiger partial charge in [-0.3, -0.25) is 4.79 Å². The van der Waals surface area contributed by atoms with E-state index in [0.717, 1.165) is 55.3 Å². The maximum absolute atomic E-state index is 13.5. The third kappa shape index (κ3) is 3.27. The Hall–Kier alpha value is -2.44. The van der Waals surface area contributed by atoms with Crippen LogP contribution in [0, 0.1) is 11.8 Å². The summed E-state index contributed by atoms with van der Waals surface area (Å²) in [6.07, 6.45) is 3.80. The summed E-state index contributed by atoms with van der Waals surface area (Å²) in [5, 5.41) is 4.25. The van der Waals surface area contributed by atoms with E-state index in [2.05, 4.69) is 5.32 Å². The van der Waals surface area contributed by atoms with Crippen LogP contribution in [-0.4, -0.2) is 42.0 Å². The fourth-order valence-electron chi connectivity index (χ4n) is 4.33. The molecule has 1 N–H and O–H groups in total. The van der Waals surface area contributed by atoms with E-state index in [0.29, 0.717) is 22.5 Å². The third-order valence-electron chi connectivity index (χ3n) is 5.91. The second-order valence-corrected chi connectivity index (χ2v) is 8.59. The van der Waals surface area contributed by atoms with Gasteiger partial charge < -0.3 is 14.6 Å². The van der Waals surface area contributed by atoms with Crippen molar-refractivity contribution in [3.8, 4) is 22.0 Å². The van der Waals surface area contributed by atoms with E-state index in [9.17, 15) is 4.79 Å². The van der Waals surface area contributed by atoms with E-state index in [-0.39, 0.29) is 5.91 Å². The quantitative estimate of drug-likeness (QED) is 0.727. The highest BCUT2D eigenvalue weighted by Gasteiger charge is 2.33. The van der Waals surface area contributed by atoms with Crippen molar-refractivity contribution in [1.29, 1.82) is 0 Å². The van der Waals surface area contributed by atoms with Crippen LogP contribution < -0.4 is 5.32 Å². The van der Waals surface area contributed by atoms with Gasteiger partial charge >= 0.3 is 0 Å². The average molecular weight is 394 g/mol. The Bertz CT molecular complexity index is 938. The number of amides is 1. The van der Waals surface area contributed by atoms with Gasteiger partial charge in [0.2, 0.25) is 0 Å². The molecular weight excluding hydrogens is 370 g/mol. The predicted octanol–water partition coefficient (Wildman–Crippen LogP) is 4.14. The number of hydrogen-bond donors (Lipinski definition) is 1. The van der Waals surface area contributed by atoms with Crippen molar-refractivity contribution in [3.63, 3.8) is 0 Å². The zero-order valence-electron chi connectivity index (χ0n) is 15.6. The number of likely N-dealkylation sites (tertiary alicyclic amines) is 1. The Kier molecular flexibility index (Phi) is 4.74. The highest BCUT2D eigenvalue weighted by Crippen LogP contribution is 2.36. The van der Waals surface area contributed by atoms with Crippen molar-refractivity contribution in [2.45, 2.75) is 12.8 Å². The second-order valence-electron chi connectivity index (χ2n) is 7.59. The molecule has 1 aromatic carbocycles. The summed E-state index contributed by atoms with van der Waals surface area (Å²) in [5.41, 5.74) is 1.73. The molecule has 0 aliphatic carbocycles. The minimum Gasteiger partial charge on any atom is -0.462 e. The molecule has 0 bridgehead atoms. The van der Waals surface area contributed by atoms with Gasteiger partial charge in [-0.05, 0) is 49.9 Å². The molecule has 5 nitrogen and oxygen atoms in total. The first-order valence-corrected chi connectivity index (χ1v) is 10.7. The number of rotatable bonds is 3. The molecule has 2 aliphatic rings. The summed E-state index contributed by atoms with van der Waals surface area (Å²) in [4.78, 5) is 21.0. The maximum atomic E-state index is 13.5. The van der Waals surface area contributed by atoms with Crippen LogP contribution >= 0.6 is 11.3 Å². The number of carbonyl (C=O) groups is 1. The predicted molar refractivity (Wildman–Crippen MR) is 110 cm³/mol. The molecule has 0 spiro atoms. The van der Waals surface area contributed by atoms with Crippen LogP contribution in [0.5, 0.6) is 0 Å². The van der Waals surface area contributed by atoms with Gasteiger partial charge in [-0.1, -0.05) is 30.3 Å². The molecule has 3 aromatic rings. The molecule has 6 heteroatoms. The molecule has 2 fully saturated rings. The van der Waals surface area contributed by atoms with E-state index in [1.807, 2.05) is 47.4 Å². The molecule has 2 atom stereocenters. The number of aromatic nitrogens is 1. The monoisotopic (exact) mass is 393 g/mol. The first-order valence-electron chi connectivity index (χ1n) is 9.89. The lowest BCUT2D eigenvalue weighted by Gasteiger charge is -2.20. The fourth-order valence-corrected chi connectivity index (χ4v) is 5.35. The maximum Gasteiger partial charge on any atom is 0.266 e. The van der Waals surface area contributed by atoms with Crippen molar-refractivity contribution in [3.05, 3.63) is 53.6 Å². The lowest BCUT2D eigenvalue weighted by atomic mass is 9.92. The first kappa shape index (κ1) is 17.6. The molecule has 144 valence electrons. The number of fused-ring (bicyclic) bond motifs is 1. The summed E-state index contributed by atoms with van der Waals surface area (Å²) in [6.45, 7) is 3.82. The van der Waals surface area contributed by atoms with Gasteiger partial charge in [0.05, 0.1) is 12.0 Å². The standard InChI is InChI=1S/C22H23N3O2S/c26-22(25-10-8-16-13-23-14-17(16)9-11-25)20-19(15-5-2-1-3-6-15)24-21(28-20)18-7-4-12-27-18/h1-7,12,16-17,23H,8-11,13-14H2/t16-,17+. The minimum atomic E-state index is 0.0992. The van der Waals surface area contributed by atoms with Crippen LogP contribution in [0.15, 0.2) is 53.1 Å². The summed E-state index contributed by atoms with van der Waals surface area (Å²) in [7, 11) is 0. The van der Waals surface area contributed by atoms with E-state index in [4.69, 9.17) is 9.40 Å². The number of nitrogens with zero attached hydrogens (tertiary/aromatic N) is 2. The lowest BCUT2D eigenvalue weighted by molar-refractivity contribution is 0.0764. The molecule has 2 saturated heterocycles. The van der Waals surface area contributed by atoms with E-state index >= 15 is 0 Å². The molecule has 0 radical (unpaired) electrons. The number of furan rings is 1. The van der Waals surface area contributed by atoms with E-state index in [1.165, 1.54) is 11.3 Å². The van der Waals surface area contributed by atoms with Crippen molar-refractivity contribution in [2.24, 2.45) is 11.8 Å². The number of thiazole rings is 1. The van der Waals surface area contributed by atoms with Gasteiger partial charge in [-0.25, -0.2) is 4.98 Å². The van der Waals surface area contributed by atoms with Gasteiger partial charge in [0, 0.05) is 18.7 Å². The summed E-state index contributed by atoms with van der Waals surface area (Å²) in [6, 6.07) is 13.7. The second kappa shape index (κ2) is 7.53. The Morgan fingerprint density at radius 3 is 2.50 bits per heavy atom. The van der Waals surface area contributed by atoms with Crippen molar-refractivity contribution in [1.82, 2.24) is 15.2 Å². The van der Waals surface area contributed by atoms with Crippen molar-refractivity contribution < 1.29 is 9.21 Å². The molecule has 5 rings (SSSR count).